The van der Waals surface area contributed by atoms with Crippen LogP contribution in [0.3, 0.4) is 0 Å². The van der Waals surface area contributed by atoms with Crippen molar-refractivity contribution < 1.29 is 32.2 Å². The smallest absolute Gasteiger partial charge is 0.452 e. The molecular formula is C17H14F3NO4S. The molecule has 0 aliphatic heterocycles. The minimum Gasteiger partial charge on any atom is -0.452 e. The number of hydrogen-bond donors (Lipinski definition) is 1. The summed E-state index contributed by atoms with van der Waals surface area (Å²) in [5.41, 5.74) is 0.589. The minimum absolute atomic E-state index is 0.241. The van der Waals surface area contributed by atoms with Gasteiger partial charge in [0, 0.05) is 10.6 Å². The van der Waals surface area contributed by atoms with Crippen LogP contribution >= 0.6 is 11.8 Å². The molecule has 0 radical (unpaired) electrons. The van der Waals surface area contributed by atoms with Crippen LogP contribution in [0.2, 0.25) is 0 Å². The monoisotopic (exact) mass is 385 g/mol. The largest absolute Gasteiger partial charge is 0.573 e. The van der Waals surface area contributed by atoms with Gasteiger partial charge >= 0.3 is 12.3 Å². The average Bonchev–Trinajstić information content (AvgIpc) is 2.60. The van der Waals surface area contributed by atoms with Crippen LogP contribution in [0.1, 0.15) is 10.4 Å². The van der Waals surface area contributed by atoms with Gasteiger partial charge in [0.1, 0.15) is 5.75 Å². The normalized spacial score (nSPS) is 10.9. The summed E-state index contributed by atoms with van der Waals surface area (Å²) in [7, 11) is 0. The maximum Gasteiger partial charge on any atom is 0.573 e. The topological polar surface area (TPSA) is 64.6 Å². The van der Waals surface area contributed by atoms with Crippen molar-refractivity contribution in [3.05, 3.63) is 54.1 Å². The second-order valence-corrected chi connectivity index (χ2v) is 5.74. The van der Waals surface area contributed by atoms with E-state index in [0.29, 0.717) is 5.56 Å². The van der Waals surface area contributed by atoms with Gasteiger partial charge in [-0.2, -0.15) is 0 Å². The third-order valence-electron chi connectivity index (χ3n) is 3.03. The third kappa shape index (κ3) is 5.99. The molecule has 0 heterocycles. The zero-order valence-corrected chi connectivity index (χ0v) is 14.3. The molecule has 138 valence electrons. The summed E-state index contributed by atoms with van der Waals surface area (Å²) in [5, 5.41) is 2.41. The molecule has 9 heteroatoms. The highest BCUT2D eigenvalue weighted by atomic mass is 32.2. The van der Waals surface area contributed by atoms with Crippen LogP contribution in [0, 0.1) is 0 Å². The summed E-state index contributed by atoms with van der Waals surface area (Å²) in [6, 6.07) is 11.4. The Morgan fingerprint density at radius 1 is 1.08 bits per heavy atom. The number of carbonyl (C=O) groups excluding carboxylic acids is 2. The van der Waals surface area contributed by atoms with Crippen molar-refractivity contribution in [3.8, 4) is 5.75 Å². The van der Waals surface area contributed by atoms with Gasteiger partial charge in [-0.25, -0.2) is 4.79 Å². The van der Waals surface area contributed by atoms with Gasteiger partial charge in [-0.05, 0) is 42.7 Å². The van der Waals surface area contributed by atoms with Gasteiger partial charge in [0.05, 0.1) is 5.56 Å². The highest BCUT2D eigenvalue weighted by Gasteiger charge is 2.30. The summed E-state index contributed by atoms with van der Waals surface area (Å²) in [6.45, 7) is -0.525. The second-order valence-electron chi connectivity index (χ2n) is 4.90. The second kappa shape index (κ2) is 8.61. The van der Waals surface area contributed by atoms with Crippen LogP contribution in [-0.4, -0.2) is 31.1 Å². The summed E-state index contributed by atoms with van der Waals surface area (Å²) >= 11 is 1.37. The van der Waals surface area contributed by atoms with Gasteiger partial charge < -0.3 is 14.8 Å². The number of nitrogens with one attached hydrogen (secondary N) is 1. The van der Waals surface area contributed by atoms with Gasteiger partial charge in [0.2, 0.25) is 0 Å². The number of esters is 1. The molecule has 2 aromatic carbocycles. The van der Waals surface area contributed by atoms with Crippen molar-refractivity contribution in [3.63, 3.8) is 0 Å². The molecule has 0 saturated carbocycles. The molecular weight excluding hydrogens is 371 g/mol. The third-order valence-corrected chi connectivity index (χ3v) is 3.83. The number of halogens is 3. The molecule has 26 heavy (non-hydrogen) atoms. The van der Waals surface area contributed by atoms with E-state index in [2.05, 4.69) is 10.1 Å². The van der Waals surface area contributed by atoms with Crippen LogP contribution < -0.4 is 10.1 Å². The van der Waals surface area contributed by atoms with Gasteiger partial charge in [-0.15, -0.1) is 24.9 Å². The van der Waals surface area contributed by atoms with E-state index in [9.17, 15) is 22.8 Å². The molecule has 2 rings (SSSR count). The molecule has 1 amide bonds. The van der Waals surface area contributed by atoms with Crippen molar-refractivity contribution in [2.24, 2.45) is 0 Å². The van der Waals surface area contributed by atoms with E-state index in [4.69, 9.17) is 4.74 Å². The van der Waals surface area contributed by atoms with E-state index in [1.165, 1.54) is 23.9 Å². The van der Waals surface area contributed by atoms with E-state index < -0.39 is 30.6 Å². The van der Waals surface area contributed by atoms with Crippen LogP contribution in [0.15, 0.2) is 53.4 Å². The molecule has 2 aromatic rings. The molecule has 0 aliphatic rings. The first kappa shape index (κ1) is 19.6. The number of ether oxygens (including phenoxy) is 2. The Kier molecular flexibility index (Phi) is 6.51. The van der Waals surface area contributed by atoms with Crippen molar-refractivity contribution in [1.82, 2.24) is 0 Å². The molecule has 0 unspecified atom stereocenters. The van der Waals surface area contributed by atoms with Crippen molar-refractivity contribution in [2.75, 3.05) is 18.2 Å². The minimum atomic E-state index is -4.79. The molecule has 1 N–H and O–H groups in total. The van der Waals surface area contributed by atoms with E-state index >= 15 is 0 Å². The Morgan fingerprint density at radius 3 is 2.35 bits per heavy atom. The number of benzene rings is 2. The first-order valence-electron chi connectivity index (χ1n) is 7.24. The lowest BCUT2D eigenvalue weighted by atomic mass is 10.2. The maximum absolute atomic E-state index is 12.1. The Balaban J connectivity index is 1.88. The van der Waals surface area contributed by atoms with E-state index in [0.717, 1.165) is 17.0 Å². The first-order valence-corrected chi connectivity index (χ1v) is 8.47. The number of amides is 1. The van der Waals surface area contributed by atoms with Gasteiger partial charge in [0.15, 0.2) is 6.61 Å². The van der Waals surface area contributed by atoms with Crippen molar-refractivity contribution >= 4 is 29.3 Å². The average molecular weight is 385 g/mol. The number of hydrogen-bond acceptors (Lipinski definition) is 5. The Morgan fingerprint density at radius 2 is 1.73 bits per heavy atom. The highest BCUT2D eigenvalue weighted by molar-refractivity contribution is 7.98. The fraction of sp³-hybridized carbons (Fsp3) is 0.176. The molecule has 0 aromatic heterocycles. The van der Waals surface area contributed by atoms with Crippen LogP contribution in [0.5, 0.6) is 5.75 Å². The molecule has 0 saturated heterocycles. The van der Waals surface area contributed by atoms with Gasteiger partial charge in [-0.1, -0.05) is 12.1 Å². The van der Waals surface area contributed by atoms with Crippen molar-refractivity contribution in [1.29, 1.82) is 0 Å². The first-order chi connectivity index (χ1) is 12.3. The number of carbonyl (C=O) groups is 2. The molecule has 0 fully saturated rings. The Hall–Kier alpha value is -2.68. The molecule has 0 spiro atoms. The summed E-state index contributed by atoms with van der Waals surface area (Å²) in [5.74, 6) is -1.67. The number of thioether (sulfide) groups is 1. The predicted molar refractivity (Wildman–Crippen MR) is 90.3 cm³/mol. The number of rotatable bonds is 6. The number of alkyl halides is 3. The van der Waals surface area contributed by atoms with Gasteiger partial charge in [0.25, 0.3) is 5.91 Å². The summed E-state index contributed by atoms with van der Waals surface area (Å²) < 4.78 is 44.9. The molecule has 0 aliphatic carbocycles. The zero-order chi connectivity index (χ0) is 19.2. The summed E-state index contributed by atoms with van der Waals surface area (Å²) in [4.78, 5) is 24.6. The van der Waals surface area contributed by atoms with Crippen molar-refractivity contribution in [2.45, 2.75) is 11.3 Å². The standard InChI is InChI=1S/C17H14F3NO4S/c1-26-14-5-3-2-4-13(14)16(23)24-10-15(22)21-11-6-8-12(9-7-11)25-17(18,19)20/h2-9H,10H2,1H3,(H,21,22). The van der Waals surface area contributed by atoms with Crippen LogP contribution in [0.25, 0.3) is 0 Å². The van der Waals surface area contributed by atoms with Gasteiger partial charge in [-0.3, -0.25) is 4.79 Å². The number of anilines is 1. The lowest BCUT2D eigenvalue weighted by Crippen LogP contribution is -2.21. The Labute approximate surface area is 151 Å². The zero-order valence-electron chi connectivity index (χ0n) is 13.5. The predicted octanol–water partition coefficient (Wildman–Crippen LogP) is 4.10. The van der Waals surface area contributed by atoms with E-state index in [1.807, 2.05) is 6.26 Å². The van der Waals surface area contributed by atoms with E-state index in [1.54, 1.807) is 24.3 Å². The molecule has 0 atom stereocenters. The van der Waals surface area contributed by atoms with Crippen LogP contribution in [-0.2, 0) is 9.53 Å². The van der Waals surface area contributed by atoms with Crippen LogP contribution in [0.4, 0.5) is 18.9 Å². The fourth-order valence-corrected chi connectivity index (χ4v) is 2.55. The summed E-state index contributed by atoms with van der Waals surface area (Å²) in [6.07, 6.45) is -2.98. The lowest BCUT2D eigenvalue weighted by molar-refractivity contribution is -0.274. The molecule has 0 bridgehead atoms. The lowest BCUT2D eigenvalue weighted by Gasteiger charge is -2.10. The Bertz CT molecular complexity index is 778. The fourth-order valence-electron chi connectivity index (χ4n) is 1.96. The highest BCUT2D eigenvalue weighted by Crippen LogP contribution is 2.24. The van der Waals surface area contributed by atoms with E-state index in [-0.39, 0.29) is 5.69 Å². The maximum atomic E-state index is 12.1. The molecule has 5 nitrogen and oxygen atoms in total. The quantitative estimate of drug-likeness (QED) is 0.599. The SMILES string of the molecule is CSc1ccccc1C(=O)OCC(=O)Nc1ccc(OC(F)(F)F)cc1.